The molecule has 0 aliphatic rings. The Bertz CT molecular complexity index is 981. The summed E-state index contributed by atoms with van der Waals surface area (Å²) < 4.78 is 14.6. The fourth-order valence-electron chi connectivity index (χ4n) is 2.73. The Balaban J connectivity index is 1.83. The molecule has 0 saturated heterocycles. The van der Waals surface area contributed by atoms with Crippen molar-refractivity contribution >= 4 is 11.5 Å². The van der Waals surface area contributed by atoms with Gasteiger partial charge in [-0.05, 0) is 48.9 Å². The molecule has 0 aliphatic heterocycles. The molecule has 3 rings (SSSR count). The molecule has 138 valence electrons. The number of amidine groups is 1. The summed E-state index contributed by atoms with van der Waals surface area (Å²) >= 11 is 0. The molecule has 0 fully saturated rings. The van der Waals surface area contributed by atoms with Crippen LogP contribution in [0.3, 0.4) is 0 Å². The molecule has 0 spiro atoms. The van der Waals surface area contributed by atoms with E-state index in [2.05, 4.69) is 10.4 Å². The molecule has 2 aromatic carbocycles. The van der Waals surface area contributed by atoms with Gasteiger partial charge in [-0.1, -0.05) is 36.4 Å². The van der Waals surface area contributed by atoms with Crippen molar-refractivity contribution < 1.29 is 9.50 Å². The fourth-order valence-corrected chi connectivity index (χ4v) is 2.73. The Morgan fingerprint density at radius 1 is 1.07 bits per heavy atom. The Labute approximate surface area is 156 Å². The predicted octanol–water partition coefficient (Wildman–Crippen LogP) is 3.68. The van der Waals surface area contributed by atoms with E-state index >= 15 is 0 Å². The molecule has 0 saturated carbocycles. The maximum absolute atomic E-state index is 13.0. The summed E-state index contributed by atoms with van der Waals surface area (Å²) in [6.07, 6.45) is -0.344. The first-order valence-corrected chi connectivity index (χ1v) is 8.59. The number of aliphatic hydroxyl groups is 1. The molecule has 1 unspecified atom stereocenters. The van der Waals surface area contributed by atoms with Gasteiger partial charge in [0.25, 0.3) is 0 Å². The molecule has 5 nitrogen and oxygen atoms in total. The quantitative estimate of drug-likeness (QED) is 0.477. The number of aromatic nitrogens is 1. The number of hydrogen-bond acceptors (Lipinski definition) is 3. The number of rotatable bonds is 5. The van der Waals surface area contributed by atoms with E-state index < -0.39 is 6.10 Å². The molecule has 0 aliphatic carbocycles. The van der Waals surface area contributed by atoms with Crippen molar-refractivity contribution in [2.75, 3.05) is 5.43 Å². The average Bonchev–Trinajstić information content (AvgIpc) is 2.67. The van der Waals surface area contributed by atoms with Gasteiger partial charge in [-0.3, -0.25) is 10.8 Å². The summed E-state index contributed by atoms with van der Waals surface area (Å²) in [7, 11) is 0. The fraction of sp³-hybridized carbons (Fsp3) is 0.143. The molecular formula is C21H21FN4O. The van der Waals surface area contributed by atoms with E-state index in [1.54, 1.807) is 35.9 Å². The van der Waals surface area contributed by atoms with Crippen molar-refractivity contribution in [3.8, 4) is 0 Å². The maximum Gasteiger partial charge on any atom is 0.144 e. The van der Waals surface area contributed by atoms with Crippen LogP contribution in [0.1, 0.15) is 24.3 Å². The molecule has 1 heterocycles. The van der Waals surface area contributed by atoms with Gasteiger partial charge in [-0.25, -0.2) is 14.1 Å². The van der Waals surface area contributed by atoms with Crippen molar-refractivity contribution in [2.45, 2.75) is 19.4 Å². The normalized spacial score (nSPS) is 12.6. The van der Waals surface area contributed by atoms with E-state index in [9.17, 15) is 9.50 Å². The smallest absolute Gasteiger partial charge is 0.144 e. The molecule has 3 aromatic rings. The molecule has 1 atom stereocenters. The second kappa shape index (κ2) is 8.42. The van der Waals surface area contributed by atoms with Crippen molar-refractivity contribution in [3.05, 3.63) is 95.4 Å². The van der Waals surface area contributed by atoms with E-state index in [1.165, 1.54) is 12.1 Å². The molecule has 6 heteroatoms. The molecule has 0 amide bonds. The molecular weight excluding hydrogens is 343 g/mol. The Kier molecular flexibility index (Phi) is 5.78. The Hall–Kier alpha value is -3.25. The summed E-state index contributed by atoms with van der Waals surface area (Å²) in [6.45, 7) is 1.76. The van der Waals surface area contributed by atoms with Crippen LogP contribution >= 0.6 is 0 Å². The number of nitrogens with zero attached hydrogens (tertiary/aromatic N) is 2. The average molecular weight is 364 g/mol. The Morgan fingerprint density at radius 3 is 2.48 bits per heavy atom. The SMILES string of the molecule is CC(=Nc1ccc(F)cc1)Nn1c(CC(O)c2ccccc2)cccc1=N. The van der Waals surface area contributed by atoms with Gasteiger partial charge in [0.15, 0.2) is 0 Å². The van der Waals surface area contributed by atoms with Crippen molar-refractivity contribution in [2.24, 2.45) is 4.99 Å². The third-order valence-corrected chi connectivity index (χ3v) is 4.05. The van der Waals surface area contributed by atoms with Gasteiger partial charge in [0, 0.05) is 12.1 Å². The topological polar surface area (TPSA) is 73.4 Å². The lowest BCUT2D eigenvalue weighted by molar-refractivity contribution is 0.176. The summed E-state index contributed by atoms with van der Waals surface area (Å²) in [5.74, 6) is 0.226. The van der Waals surface area contributed by atoms with E-state index in [0.717, 1.165) is 11.3 Å². The highest BCUT2D eigenvalue weighted by Gasteiger charge is 2.11. The van der Waals surface area contributed by atoms with Gasteiger partial charge in [0.2, 0.25) is 0 Å². The van der Waals surface area contributed by atoms with E-state index in [4.69, 9.17) is 5.41 Å². The van der Waals surface area contributed by atoms with Crippen LogP contribution in [-0.2, 0) is 6.42 Å². The van der Waals surface area contributed by atoms with Crippen molar-refractivity contribution in [1.29, 1.82) is 5.41 Å². The van der Waals surface area contributed by atoms with Gasteiger partial charge >= 0.3 is 0 Å². The molecule has 27 heavy (non-hydrogen) atoms. The van der Waals surface area contributed by atoms with Crippen LogP contribution in [0.2, 0.25) is 0 Å². The van der Waals surface area contributed by atoms with E-state index in [1.807, 2.05) is 36.4 Å². The van der Waals surface area contributed by atoms with Gasteiger partial charge in [0.1, 0.15) is 17.1 Å². The van der Waals surface area contributed by atoms with Gasteiger partial charge in [-0.15, -0.1) is 0 Å². The summed E-state index contributed by atoms with van der Waals surface area (Å²) in [4.78, 5) is 4.39. The molecule has 1 aromatic heterocycles. The second-order valence-corrected chi connectivity index (χ2v) is 6.15. The second-order valence-electron chi connectivity index (χ2n) is 6.15. The number of hydrogen-bond donors (Lipinski definition) is 3. The molecule has 3 N–H and O–H groups in total. The number of aliphatic imine (C=N–C) groups is 1. The van der Waals surface area contributed by atoms with E-state index in [-0.39, 0.29) is 11.3 Å². The highest BCUT2D eigenvalue weighted by molar-refractivity contribution is 5.89. The molecule has 0 bridgehead atoms. The minimum Gasteiger partial charge on any atom is -0.388 e. The highest BCUT2D eigenvalue weighted by Crippen LogP contribution is 2.17. The number of aliphatic hydroxyl groups excluding tert-OH is 1. The minimum atomic E-state index is -0.685. The van der Waals surface area contributed by atoms with E-state index in [0.29, 0.717) is 17.9 Å². The lowest BCUT2D eigenvalue weighted by atomic mass is 10.0. The minimum absolute atomic E-state index is 0.237. The van der Waals surface area contributed by atoms with Gasteiger partial charge in [0.05, 0.1) is 11.8 Å². The number of nitrogens with one attached hydrogen (secondary N) is 2. The third-order valence-electron chi connectivity index (χ3n) is 4.05. The van der Waals surface area contributed by atoms with Crippen LogP contribution in [0.4, 0.5) is 10.1 Å². The van der Waals surface area contributed by atoms with Crippen LogP contribution in [0.5, 0.6) is 0 Å². The largest absolute Gasteiger partial charge is 0.388 e. The van der Waals surface area contributed by atoms with Crippen LogP contribution in [0, 0.1) is 11.2 Å². The lowest BCUT2D eigenvalue weighted by Gasteiger charge is -2.18. The van der Waals surface area contributed by atoms with Crippen LogP contribution in [0.15, 0.2) is 77.8 Å². The van der Waals surface area contributed by atoms with Crippen molar-refractivity contribution in [3.63, 3.8) is 0 Å². The summed E-state index contributed by atoms with van der Waals surface area (Å²) in [6, 6.07) is 20.5. The zero-order chi connectivity index (χ0) is 19.2. The predicted molar refractivity (Wildman–Crippen MR) is 104 cm³/mol. The summed E-state index contributed by atoms with van der Waals surface area (Å²) in [5.41, 5.74) is 5.48. The zero-order valence-corrected chi connectivity index (χ0v) is 14.9. The standard InChI is InChI=1S/C21H21FN4O/c1-15(24-18-12-10-17(22)11-13-18)25-26-19(8-5-9-21(26)23)14-20(27)16-6-3-2-4-7-16/h2-13,20,23,27H,14H2,1H3,(H,24,25). The van der Waals surface area contributed by atoms with Gasteiger partial charge < -0.3 is 5.11 Å². The van der Waals surface area contributed by atoms with Crippen molar-refractivity contribution in [1.82, 2.24) is 4.68 Å². The zero-order valence-electron chi connectivity index (χ0n) is 14.9. The van der Waals surface area contributed by atoms with Gasteiger partial charge in [-0.2, -0.15) is 0 Å². The number of halogens is 1. The highest BCUT2D eigenvalue weighted by atomic mass is 19.1. The number of benzene rings is 2. The first-order valence-electron chi connectivity index (χ1n) is 8.59. The van der Waals surface area contributed by atoms with Crippen LogP contribution in [0.25, 0.3) is 0 Å². The lowest BCUT2D eigenvalue weighted by Crippen LogP contribution is -2.34. The molecule has 0 radical (unpaired) electrons. The first kappa shape index (κ1) is 18.5. The van der Waals surface area contributed by atoms with Crippen LogP contribution < -0.4 is 10.9 Å². The number of pyridine rings is 1. The maximum atomic E-state index is 13.0. The monoisotopic (exact) mass is 364 g/mol. The van der Waals surface area contributed by atoms with Crippen LogP contribution in [-0.4, -0.2) is 15.6 Å². The third kappa shape index (κ3) is 4.89. The first-order chi connectivity index (χ1) is 13.0. The Morgan fingerprint density at radius 2 is 1.78 bits per heavy atom. The summed E-state index contributed by atoms with van der Waals surface area (Å²) in [5, 5.41) is 18.7.